The molecule has 0 bridgehead atoms. The van der Waals surface area contributed by atoms with Crippen LogP contribution in [0.2, 0.25) is 0 Å². The van der Waals surface area contributed by atoms with Crippen molar-refractivity contribution in [3.8, 4) is 0 Å². The van der Waals surface area contributed by atoms with Crippen molar-refractivity contribution in [2.24, 2.45) is 0 Å². The Hall–Kier alpha value is -1.11. The summed E-state index contributed by atoms with van der Waals surface area (Å²) in [4.78, 5) is 2.05. The van der Waals surface area contributed by atoms with Gasteiger partial charge in [-0.1, -0.05) is 12.1 Å². The van der Waals surface area contributed by atoms with E-state index >= 15 is 0 Å². The third-order valence-corrected chi connectivity index (χ3v) is 3.58. The van der Waals surface area contributed by atoms with E-state index in [1.54, 1.807) is 0 Å². The molecule has 0 aliphatic heterocycles. The molecule has 0 spiro atoms. The Labute approximate surface area is 116 Å². The summed E-state index contributed by atoms with van der Waals surface area (Å²) in [6.07, 6.45) is 1.16. The van der Waals surface area contributed by atoms with E-state index in [0.717, 1.165) is 11.9 Å². The standard InChI is InChI=1S/C13H23N3O2S/c1-11(14-9-10-15-19(4,17)18)12-5-7-13(8-6-12)16(2)3/h5-8,11,14-15H,9-10H2,1-4H3. The summed E-state index contributed by atoms with van der Waals surface area (Å²) in [6.45, 7) is 3.06. The van der Waals surface area contributed by atoms with E-state index in [-0.39, 0.29) is 6.04 Å². The van der Waals surface area contributed by atoms with Gasteiger partial charge in [0.05, 0.1) is 6.26 Å². The highest BCUT2D eigenvalue weighted by Crippen LogP contribution is 2.17. The first-order chi connectivity index (χ1) is 8.79. The molecule has 5 nitrogen and oxygen atoms in total. The Kier molecular flexibility index (Phi) is 5.78. The van der Waals surface area contributed by atoms with Gasteiger partial charge < -0.3 is 10.2 Å². The van der Waals surface area contributed by atoms with Gasteiger partial charge in [-0.25, -0.2) is 13.1 Å². The molecule has 0 aliphatic rings. The van der Waals surface area contributed by atoms with E-state index in [1.807, 2.05) is 14.1 Å². The lowest BCUT2D eigenvalue weighted by Gasteiger charge is -2.17. The van der Waals surface area contributed by atoms with E-state index in [9.17, 15) is 8.42 Å². The number of anilines is 1. The quantitative estimate of drug-likeness (QED) is 0.732. The van der Waals surface area contributed by atoms with Crippen molar-refractivity contribution in [3.63, 3.8) is 0 Å². The average Bonchev–Trinajstić information content (AvgIpc) is 2.33. The summed E-state index contributed by atoms with van der Waals surface area (Å²) in [5, 5.41) is 3.28. The Morgan fingerprint density at radius 2 is 1.74 bits per heavy atom. The van der Waals surface area contributed by atoms with Crippen LogP contribution >= 0.6 is 0 Å². The van der Waals surface area contributed by atoms with Gasteiger partial charge in [-0.15, -0.1) is 0 Å². The lowest BCUT2D eigenvalue weighted by Crippen LogP contribution is -2.32. The first kappa shape index (κ1) is 15.9. The second kappa shape index (κ2) is 6.88. The highest BCUT2D eigenvalue weighted by atomic mass is 32.2. The van der Waals surface area contributed by atoms with E-state index in [4.69, 9.17) is 0 Å². The maximum atomic E-state index is 10.9. The Morgan fingerprint density at radius 1 is 1.16 bits per heavy atom. The summed E-state index contributed by atoms with van der Waals surface area (Å²) in [6, 6.07) is 8.50. The Morgan fingerprint density at radius 3 is 2.21 bits per heavy atom. The van der Waals surface area contributed by atoms with Crippen LogP contribution < -0.4 is 14.9 Å². The summed E-state index contributed by atoms with van der Waals surface area (Å²) in [7, 11) is 0.918. The van der Waals surface area contributed by atoms with Crippen LogP contribution in [0.1, 0.15) is 18.5 Å². The summed E-state index contributed by atoms with van der Waals surface area (Å²) < 4.78 is 24.3. The molecule has 2 N–H and O–H groups in total. The minimum Gasteiger partial charge on any atom is -0.378 e. The van der Waals surface area contributed by atoms with Gasteiger partial charge in [0.25, 0.3) is 0 Å². The minimum absolute atomic E-state index is 0.192. The minimum atomic E-state index is -3.10. The number of sulfonamides is 1. The van der Waals surface area contributed by atoms with Crippen LogP contribution in [-0.2, 0) is 10.0 Å². The molecule has 0 amide bonds. The average molecular weight is 285 g/mol. The molecule has 0 radical (unpaired) electrons. The molecule has 0 aromatic heterocycles. The maximum absolute atomic E-state index is 10.9. The molecule has 1 aromatic rings. The SMILES string of the molecule is CC(NCCNS(C)(=O)=O)c1ccc(N(C)C)cc1. The number of nitrogens with one attached hydrogen (secondary N) is 2. The molecule has 1 unspecified atom stereocenters. The van der Waals surface area contributed by atoms with E-state index in [2.05, 4.69) is 46.1 Å². The van der Waals surface area contributed by atoms with Gasteiger partial charge in [0.15, 0.2) is 0 Å². The zero-order chi connectivity index (χ0) is 14.5. The zero-order valence-electron chi connectivity index (χ0n) is 12.0. The first-order valence-corrected chi connectivity index (χ1v) is 8.14. The molecular formula is C13H23N3O2S. The van der Waals surface area contributed by atoms with Crippen molar-refractivity contribution >= 4 is 15.7 Å². The van der Waals surface area contributed by atoms with Crippen LogP contribution in [0.4, 0.5) is 5.69 Å². The molecule has 19 heavy (non-hydrogen) atoms. The summed E-state index contributed by atoms with van der Waals surface area (Å²) >= 11 is 0. The Balaban J connectivity index is 2.43. The maximum Gasteiger partial charge on any atom is 0.208 e. The molecular weight excluding hydrogens is 262 g/mol. The molecule has 6 heteroatoms. The van der Waals surface area contributed by atoms with Gasteiger partial charge in [-0.2, -0.15) is 0 Å². The Bertz CT molecular complexity index is 483. The van der Waals surface area contributed by atoms with Crippen molar-refractivity contribution in [1.82, 2.24) is 10.0 Å². The fourth-order valence-electron chi connectivity index (χ4n) is 1.70. The van der Waals surface area contributed by atoms with E-state index < -0.39 is 10.0 Å². The number of hydrogen-bond acceptors (Lipinski definition) is 4. The third kappa shape index (κ3) is 6.04. The zero-order valence-corrected chi connectivity index (χ0v) is 12.8. The van der Waals surface area contributed by atoms with Crippen molar-refractivity contribution in [3.05, 3.63) is 29.8 Å². The topological polar surface area (TPSA) is 61.4 Å². The van der Waals surface area contributed by atoms with Crippen molar-refractivity contribution in [1.29, 1.82) is 0 Å². The lowest BCUT2D eigenvalue weighted by atomic mass is 10.1. The molecule has 0 saturated carbocycles. The van der Waals surface area contributed by atoms with Gasteiger partial charge in [-0.3, -0.25) is 0 Å². The number of nitrogens with zero attached hydrogens (tertiary/aromatic N) is 1. The largest absolute Gasteiger partial charge is 0.378 e. The van der Waals surface area contributed by atoms with Crippen LogP contribution in [0.25, 0.3) is 0 Å². The van der Waals surface area contributed by atoms with Crippen LogP contribution in [0, 0.1) is 0 Å². The number of rotatable bonds is 7. The van der Waals surface area contributed by atoms with Crippen LogP contribution in [0.3, 0.4) is 0 Å². The monoisotopic (exact) mass is 285 g/mol. The second-order valence-electron chi connectivity index (χ2n) is 4.83. The molecule has 108 valence electrons. The van der Waals surface area contributed by atoms with Crippen molar-refractivity contribution in [2.45, 2.75) is 13.0 Å². The molecule has 1 aromatic carbocycles. The highest BCUT2D eigenvalue weighted by Gasteiger charge is 2.05. The molecule has 0 fully saturated rings. The van der Waals surface area contributed by atoms with E-state index in [0.29, 0.717) is 13.1 Å². The smallest absolute Gasteiger partial charge is 0.208 e. The predicted molar refractivity (Wildman–Crippen MR) is 80.0 cm³/mol. The molecule has 0 saturated heterocycles. The van der Waals surface area contributed by atoms with Gasteiger partial charge in [-0.05, 0) is 24.6 Å². The van der Waals surface area contributed by atoms with Gasteiger partial charge in [0, 0.05) is 38.9 Å². The number of hydrogen-bond donors (Lipinski definition) is 2. The van der Waals surface area contributed by atoms with Crippen LogP contribution in [0.5, 0.6) is 0 Å². The molecule has 0 heterocycles. The second-order valence-corrected chi connectivity index (χ2v) is 6.66. The summed E-state index contributed by atoms with van der Waals surface area (Å²) in [5.74, 6) is 0. The predicted octanol–water partition coefficient (Wildman–Crippen LogP) is 0.952. The van der Waals surface area contributed by atoms with Crippen molar-refractivity contribution < 1.29 is 8.42 Å². The first-order valence-electron chi connectivity index (χ1n) is 6.25. The number of benzene rings is 1. The van der Waals surface area contributed by atoms with Gasteiger partial charge in [0.1, 0.15) is 0 Å². The van der Waals surface area contributed by atoms with Gasteiger partial charge >= 0.3 is 0 Å². The fourth-order valence-corrected chi connectivity index (χ4v) is 2.18. The molecule has 0 aliphatic carbocycles. The normalized spacial score (nSPS) is 13.3. The fraction of sp³-hybridized carbons (Fsp3) is 0.538. The van der Waals surface area contributed by atoms with Crippen LogP contribution in [-0.4, -0.2) is 41.9 Å². The summed E-state index contributed by atoms with van der Waals surface area (Å²) in [5.41, 5.74) is 2.35. The molecule has 1 rings (SSSR count). The van der Waals surface area contributed by atoms with Gasteiger partial charge in [0.2, 0.25) is 10.0 Å². The van der Waals surface area contributed by atoms with E-state index in [1.165, 1.54) is 5.56 Å². The van der Waals surface area contributed by atoms with Crippen LogP contribution in [0.15, 0.2) is 24.3 Å². The third-order valence-electron chi connectivity index (χ3n) is 2.85. The van der Waals surface area contributed by atoms with Crippen molar-refractivity contribution in [2.75, 3.05) is 38.3 Å². The molecule has 1 atom stereocenters. The lowest BCUT2D eigenvalue weighted by molar-refractivity contribution is 0.556. The highest BCUT2D eigenvalue weighted by molar-refractivity contribution is 7.88.